The van der Waals surface area contributed by atoms with Gasteiger partial charge in [0.1, 0.15) is 19.3 Å². The summed E-state index contributed by atoms with van der Waals surface area (Å²) < 4.78 is 69.0. The van der Waals surface area contributed by atoms with Gasteiger partial charge in [-0.05, 0) is 31.6 Å². The fourth-order valence-electron chi connectivity index (χ4n) is 13.8. The molecule has 0 aliphatic carbocycles. The molecule has 0 heterocycles. The monoisotopic (exact) mass is 1560 g/mol. The molecule has 636 valence electrons. The van der Waals surface area contributed by atoms with Gasteiger partial charge < -0.3 is 33.8 Å². The molecular weight excluding hydrogens is 1390 g/mol. The summed E-state index contributed by atoms with van der Waals surface area (Å²) in [5.41, 5.74) is 0. The Morgan fingerprint density at radius 3 is 0.664 bits per heavy atom. The lowest BCUT2D eigenvalue weighted by Gasteiger charge is -2.21. The molecule has 0 radical (unpaired) electrons. The zero-order valence-corrected chi connectivity index (χ0v) is 72.1. The molecule has 0 saturated carbocycles. The van der Waals surface area contributed by atoms with Crippen molar-refractivity contribution < 1.29 is 80.2 Å². The van der Waals surface area contributed by atoms with Crippen LogP contribution in [0.5, 0.6) is 0 Å². The molecule has 3 unspecified atom stereocenters. The van der Waals surface area contributed by atoms with Crippen molar-refractivity contribution in [2.24, 2.45) is 5.92 Å². The highest BCUT2D eigenvalue weighted by Gasteiger charge is 2.30. The topological polar surface area (TPSA) is 237 Å². The average molecular weight is 1560 g/mol. The van der Waals surface area contributed by atoms with Crippen LogP contribution < -0.4 is 0 Å². The average Bonchev–Trinajstić information content (AvgIpc) is 0.902. The van der Waals surface area contributed by atoms with Gasteiger partial charge in [-0.1, -0.05) is 426 Å². The highest BCUT2D eigenvalue weighted by molar-refractivity contribution is 7.47. The van der Waals surface area contributed by atoms with Crippen molar-refractivity contribution in [2.45, 2.75) is 496 Å². The number of phosphoric ester groups is 2. The summed E-state index contributed by atoms with van der Waals surface area (Å²) in [4.78, 5) is 73.3. The SMILES string of the molecule is CCCCCCCCCCCCCCCCCCCCC(=O)OC[C@H](COP(=O)(O)OC[C@@H](O)COP(=O)(O)OC[C@@H](COC(=O)CCCCCCCCCCCCCCC)OC(=O)CCCCCCCCCCCCCCCC)OC(=O)CCCCCCCCCCCCCCCCCCCCC(C)CC. The third kappa shape index (κ3) is 80.5. The van der Waals surface area contributed by atoms with E-state index in [1.54, 1.807) is 0 Å². The number of esters is 4. The zero-order valence-electron chi connectivity index (χ0n) is 70.3. The number of unbranched alkanes of at least 4 members (excludes halogenated alkanes) is 59. The minimum Gasteiger partial charge on any atom is -0.462 e. The first-order chi connectivity index (χ1) is 52.1. The van der Waals surface area contributed by atoms with Crippen LogP contribution in [-0.4, -0.2) is 96.7 Å². The van der Waals surface area contributed by atoms with Crippen LogP contribution in [0.1, 0.15) is 478 Å². The molecule has 6 atom stereocenters. The maximum Gasteiger partial charge on any atom is 0.472 e. The van der Waals surface area contributed by atoms with E-state index >= 15 is 0 Å². The number of rotatable bonds is 88. The number of hydrogen-bond acceptors (Lipinski definition) is 15. The Labute approximate surface area is 658 Å². The lowest BCUT2D eigenvalue weighted by Crippen LogP contribution is -2.30. The van der Waals surface area contributed by atoms with E-state index in [2.05, 4.69) is 34.6 Å². The quantitative estimate of drug-likeness (QED) is 0.0222. The van der Waals surface area contributed by atoms with E-state index in [4.69, 9.17) is 37.0 Å². The second-order valence-corrected chi connectivity index (χ2v) is 34.8. The smallest absolute Gasteiger partial charge is 0.462 e. The van der Waals surface area contributed by atoms with Crippen LogP contribution in [0, 0.1) is 5.92 Å². The van der Waals surface area contributed by atoms with Crippen LogP contribution in [-0.2, 0) is 65.4 Å². The predicted molar refractivity (Wildman–Crippen MR) is 442 cm³/mol. The molecule has 3 N–H and O–H groups in total. The second-order valence-electron chi connectivity index (χ2n) is 31.9. The third-order valence-electron chi connectivity index (χ3n) is 21.1. The van der Waals surface area contributed by atoms with Crippen molar-refractivity contribution in [3.05, 3.63) is 0 Å². The molecule has 0 aliphatic rings. The predicted octanol–water partition coefficient (Wildman–Crippen LogP) is 27.2. The van der Waals surface area contributed by atoms with E-state index in [-0.39, 0.29) is 25.7 Å². The molecule has 17 nitrogen and oxygen atoms in total. The fraction of sp³-hybridized carbons (Fsp3) is 0.955. The van der Waals surface area contributed by atoms with Crippen LogP contribution >= 0.6 is 15.6 Å². The Balaban J connectivity index is 5.24. The van der Waals surface area contributed by atoms with Crippen molar-refractivity contribution in [1.29, 1.82) is 0 Å². The lowest BCUT2D eigenvalue weighted by molar-refractivity contribution is -0.161. The number of aliphatic hydroxyl groups excluding tert-OH is 1. The second kappa shape index (κ2) is 80.7. The first-order valence-electron chi connectivity index (χ1n) is 45.7. The third-order valence-corrected chi connectivity index (χ3v) is 23.0. The summed E-state index contributed by atoms with van der Waals surface area (Å²) in [6.45, 7) is 7.45. The van der Waals surface area contributed by atoms with E-state index < -0.39 is 97.5 Å². The van der Waals surface area contributed by atoms with Crippen molar-refractivity contribution in [2.75, 3.05) is 39.6 Å². The van der Waals surface area contributed by atoms with Gasteiger partial charge >= 0.3 is 39.5 Å². The Morgan fingerprint density at radius 2 is 0.449 bits per heavy atom. The minimum absolute atomic E-state index is 0.109. The van der Waals surface area contributed by atoms with Crippen molar-refractivity contribution in [1.82, 2.24) is 0 Å². The maximum atomic E-state index is 13.2. The fourth-order valence-corrected chi connectivity index (χ4v) is 15.4. The summed E-state index contributed by atoms with van der Waals surface area (Å²) in [7, 11) is -9.93. The molecule has 0 bridgehead atoms. The van der Waals surface area contributed by atoms with Gasteiger partial charge in [-0.2, -0.15) is 0 Å². The van der Waals surface area contributed by atoms with Crippen molar-refractivity contribution in [3.8, 4) is 0 Å². The molecule has 0 spiro atoms. The molecule has 107 heavy (non-hydrogen) atoms. The Morgan fingerprint density at radius 1 is 0.262 bits per heavy atom. The molecule has 0 saturated heterocycles. The standard InChI is InChI=1S/C88H172O17P2/c1-6-10-13-16-19-22-25-28-30-31-35-38-43-47-52-57-62-67-72-86(91)99-78-84(105-88(93)74-69-64-59-54-49-44-39-36-33-32-34-37-41-45-50-55-60-65-70-81(5)9-4)80-103-107(96,97)101-76-82(89)75-100-106(94,95)102-79-83(77-98-85(90)71-66-61-56-51-46-40-27-24-21-18-15-12-8-3)104-87(92)73-68-63-58-53-48-42-29-26-23-20-17-14-11-7-2/h81-84,89H,6-80H2,1-5H3,(H,94,95)(H,96,97)/t81?,82-,83+,84+/m0/s1. The number of phosphoric acid groups is 2. The summed E-state index contributed by atoms with van der Waals surface area (Å²) in [6, 6.07) is 0. The van der Waals surface area contributed by atoms with Crippen molar-refractivity contribution >= 4 is 39.5 Å². The Bertz CT molecular complexity index is 2030. The van der Waals surface area contributed by atoms with Crippen LogP contribution in [0.15, 0.2) is 0 Å². The van der Waals surface area contributed by atoms with Crippen molar-refractivity contribution in [3.63, 3.8) is 0 Å². The van der Waals surface area contributed by atoms with E-state index in [1.807, 2.05) is 0 Å². The van der Waals surface area contributed by atoms with Crippen LogP contribution in [0.25, 0.3) is 0 Å². The molecule has 0 aromatic rings. The van der Waals surface area contributed by atoms with Gasteiger partial charge in [0.05, 0.1) is 26.4 Å². The molecule has 19 heteroatoms. The maximum absolute atomic E-state index is 13.2. The number of ether oxygens (including phenoxy) is 4. The number of hydrogen-bond donors (Lipinski definition) is 3. The van der Waals surface area contributed by atoms with Gasteiger partial charge in [0.15, 0.2) is 12.2 Å². The molecule has 0 aliphatic heterocycles. The number of aliphatic hydroxyl groups is 1. The van der Waals surface area contributed by atoms with Gasteiger partial charge in [0.25, 0.3) is 0 Å². The highest BCUT2D eigenvalue weighted by Crippen LogP contribution is 2.45. The normalized spacial score (nSPS) is 14.0. The van der Waals surface area contributed by atoms with Crippen LogP contribution in [0.2, 0.25) is 0 Å². The highest BCUT2D eigenvalue weighted by atomic mass is 31.2. The lowest BCUT2D eigenvalue weighted by atomic mass is 9.99. The molecule has 0 amide bonds. The Hall–Kier alpha value is -1.94. The number of carbonyl (C=O) groups is 4. The van der Waals surface area contributed by atoms with Gasteiger partial charge in [-0.3, -0.25) is 37.3 Å². The van der Waals surface area contributed by atoms with Gasteiger partial charge in [0.2, 0.25) is 0 Å². The van der Waals surface area contributed by atoms with Crippen LogP contribution in [0.3, 0.4) is 0 Å². The molecule has 0 rings (SSSR count). The van der Waals surface area contributed by atoms with Gasteiger partial charge in [0, 0.05) is 25.7 Å². The molecular formula is C88H172O17P2. The van der Waals surface area contributed by atoms with E-state index in [9.17, 15) is 43.2 Å². The molecule has 0 aromatic carbocycles. The molecule has 0 fully saturated rings. The Kier molecular flexibility index (Phi) is 79.2. The molecule has 0 aromatic heterocycles. The summed E-state index contributed by atoms with van der Waals surface area (Å²) in [5, 5.41) is 10.7. The number of carbonyl (C=O) groups excluding carboxylic acids is 4. The van der Waals surface area contributed by atoms with E-state index in [0.717, 1.165) is 95.8 Å². The summed E-state index contributed by atoms with van der Waals surface area (Å²) in [6.07, 6.45) is 74.8. The van der Waals surface area contributed by atoms with E-state index in [0.29, 0.717) is 25.7 Å². The summed E-state index contributed by atoms with van der Waals surface area (Å²) >= 11 is 0. The first-order valence-corrected chi connectivity index (χ1v) is 48.7. The zero-order chi connectivity index (χ0) is 78.3. The first kappa shape index (κ1) is 105. The van der Waals surface area contributed by atoms with E-state index in [1.165, 1.54) is 302 Å². The van der Waals surface area contributed by atoms with Gasteiger partial charge in [-0.15, -0.1) is 0 Å². The minimum atomic E-state index is -4.97. The van der Waals surface area contributed by atoms with Crippen LogP contribution in [0.4, 0.5) is 0 Å². The van der Waals surface area contributed by atoms with Gasteiger partial charge in [-0.25, -0.2) is 9.13 Å². The largest absolute Gasteiger partial charge is 0.472 e. The summed E-state index contributed by atoms with van der Waals surface area (Å²) in [5.74, 6) is -1.22.